The van der Waals surface area contributed by atoms with Crippen LogP contribution in [-0.4, -0.2) is 12.1 Å². The van der Waals surface area contributed by atoms with Crippen molar-refractivity contribution in [3.63, 3.8) is 0 Å². The molecule has 0 atom stereocenters. The number of anilines is 1. The van der Waals surface area contributed by atoms with Gasteiger partial charge in [-0.2, -0.15) is 0 Å². The standard InChI is InChI=1S/C15H23N3O/c1-11-12(6-5-9-14(11)16)10-17-15(19)18-13-7-3-2-4-8-13/h5-6,9,13H,2-4,7-8,10,16H2,1H3,(H2,17,18,19). The SMILES string of the molecule is Cc1c(N)cccc1CNC(=O)NC1CCCCC1. The van der Waals surface area contributed by atoms with Gasteiger partial charge in [-0.25, -0.2) is 4.79 Å². The number of nitrogens with two attached hydrogens (primary N) is 1. The lowest BCUT2D eigenvalue weighted by Crippen LogP contribution is -2.42. The molecule has 2 amide bonds. The van der Waals surface area contributed by atoms with Crippen molar-refractivity contribution in [2.24, 2.45) is 0 Å². The Morgan fingerprint density at radius 2 is 2.05 bits per heavy atom. The number of benzene rings is 1. The fourth-order valence-corrected chi connectivity index (χ4v) is 2.55. The molecule has 4 heteroatoms. The molecule has 0 unspecified atom stereocenters. The Labute approximate surface area is 114 Å². The number of hydrogen-bond acceptors (Lipinski definition) is 2. The van der Waals surface area contributed by atoms with E-state index in [2.05, 4.69) is 10.6 Å². The number of nitrogen functional groups attached to an aromatic ring is 1. The maximum atomic E-state index is 11.8. The lowest BCUT2D eigenvalue weighted by Gasteiger charge is -2.23. The zero-order valence-electron chi connectivity index (χ0n) is 11.5. The third-order valence-corrected chi connectivity index (χ3v) is 3.87. The largest absolute Gasteiger partial charge is 0.399 e. The van der Waals surface area contributed by atoms with Crippen molar-refractivity contribution in [2.45, 2.75) is 51.6 Å². The van der Waals surface area contributed by atoms with Crippen LogP contribution in [0.5, 0.6) is 0 Å². The second kappa shape index (κ2) is 6.45. The van der Waals surface area contributed by atoms with Crippen molar-refractivity contribution in [3.05, 3.63) is 29.3 Å². The van der Waals surface area contributed by atoms with Gasteiger partial charge in [0.25, 0.3) is 0 Å². The average molecular weight is 261 g/mol. The smallest absolute Gasteiger partial charge is 0.315 e. The first kappa shape index (κ1) is 13.7. The highest BCUT2D eigenvalue weighted by molar-refractivity contribution is 5.74. The van der Waals surface area contributed by atoms with Gasteiger partial charge in [0.15, 0.2) is 0 Å². The number of urea groups is 1. The minimum Gasteiger partial charge on any atom is -0.399 e. The highest BCUT2D eigenvalue weighted by Gasteiger charge is 2.15. The van der Waals surface area contributed by atoms with E-state index in [-0.39, 0.29) is 6.03 Å². The molecule has 104 valence electrons. The van der Waals surface area contributed by atoms with Gasteiger partial charge in [0.05, 0.1) is 0 Å². The van der Waals surface area contributed by atoms with Crippen LogP contribution in [0, 0.1) is 6.92 Å². The average Bonchev–Trinajstić information content (AvgIpc) is 2.42. The van der Waals surface area contributed by atoms with Crippen molar-refractivity contribution in [1.82, 2.24) is 10.6 Å². The molecule has 0 heterocycles. The van der Waals surface area contributed by atoms with E-state index in [1.807, 2.05) is 25.1 Å². The number of hydrogen-bond donors (Lipinski definition) is 3. The predicted molar refractivity (Wildman–Crippen MR) is 77.8 cm³/mol. The minimum absolute atomic E-state index is 0.0753. The van der Waals surface area contributed by atoms with Gasteiger partial charge >= 0.3 is 6.03 Å². The molecule has 4 nitrogen and oxygen atoms in total. The maximum absolute atomic E-state index is 11.8. The summed E-state index contributed by atoms with van der Waals surface area (Å²) in [4.78, 5) is 11.8. The van der Waals surface area contributed by atoms with Crippen LogP contribution in [0.2, 0.25) is 0 Å². The van der Waals surface area contributed by atoms with Gasteiger partial charge in [-0.1, -0.05) is 31.4 Å². The molecule has 0 bridgehead atoms. The van der Waals surface area contributed by atoms with Crippen LogP contribution in [-0.2, 0) is 6.54 Å². The summed E-state index contributed by atoms with van der Waals surface area (Å²) in [5, 5.41) is 5.95. The monoisotopic (exact) mass is 261 g/mol. The molecule has 0 aliphatic heterocycles. The number of nitrogens with one attached hydrogen (secondary N) is 2. The van der Waals surface area contributed by atoms with Gasteiger partial charge in [-0.15, -0.1) is 0 Å². The van der Waals surface area contributed by atoms with Gasteiger partial charge < -0.3 is 16.4 Å². The van der Waals surface area contributed by atoms with E-state index in [0.717, 1.165) is 29.7 Å². The summed E-state index contributed by atoms with van der Waals surface area (Å²) in [6.45, 7) is 2.50. The molecule has 1 aromatic carbocycles. The molecule has 1 aliphatic carbocycles. The summed E-state index contributed by atoms with van der Waals surface area (Å²) >= 11 is 0. The van der Waals surface area contributed by atoms with Crippen molar-refractivity contribution in [2.75, 3.05) is 5.73 Å². The van der Waals surface area contributed by atoms with Gasteiger partial charge in [-0.05, 0) is 37.0 Å². The summed E-state index contributed by atoms with van der Waals surface area (Å²) in [5.74, 6) is 0. The van der Waals surface area contributed by atoms with Crippen molar-refractivity contribution in [1.29, 1.82) is 0 Å². The molecule has 0 radical (unpaired) electrons. The fraction of sp³-hybridized carbons (Fsp3) is 0.533. The number of carbonyl (C=O) groups is 1. The Morgan fingerprint density at radius 1 is 1.32 bits per heavy atom. The Balaban J connectivity index is 1.81. The van der Waals surface area contributed by atoms with E-state index >= 15 is 0 Å². The zero-order chi connectivity index (χ0) is 13.7. The Morgan fingerprint density at radius 3 is 2.79 bits per heavy atom. The topological polar surface area (TPSA) is 67.1 Å². The summed E-state index contributed by atoms with van der Waals surface area (Å²) < 4.78 is 0. The van der Waals surface area contributed by atoms with Crippen molar-refractivity contribution >= 4 is 11.7 Å². The van der Waals surface area contributed by atoms with Gasteiger partial charge in [0.1, 0.15) is 0 Å². The van der Waals surface area contributed by atoms with E-state index in [4.69, 9.17) is 5.73 Å². The first-order valence-electron chi connectivity index (χ1n) is 7.05. The molecular weight excluding hydrogens is 238 g/mol. The van der Waals surface area contributed by atoms with E-state index in [9.17, 15) is 4.79 Å². The Bertz CT molecular complexity index is 439. The lowest BCUT2D eigenvalue weighted by atomic mass is 9.96. The summed E-state index contributed by atoms with van der Waals surface area (Å²) in [6, 6.07) is 6.05. The quantitative estimate of drug-likeness (QED) is 0.732. The highest BCUT2D eigenvalue weighted by atomic mass is 16.2. The van der Waals surface area contributed by atoms with Crippen LogP contribution in [0.15, 0.2) is 18.2 Å². The number of carbonyl (C=O) groups excluding carboxylic acids is 1. The molecule has 4 N–H and O–H groups in total. The second-order valence-corrected chi connectivity index (χ2v) is 5.29. The van der Waals surface area contributed by atoms with Gasteiger partial charge in [0.2, 0.25) is 0 Å². The van der Waals surface area contributed by atoms with Crippen LogP contribution in [0.25, 0.3) is 0 Å². The molecule has 0 spiro atoms. The van der Waals surface area contributed by atoms with Crippen LogP contribution in [0.4, 0.5) is 10.5 Å². The second-order valence-electron chi connectivity index (χ2n) is 5.29. The highest BCUT2D eigenvalue weighted by Crippen LogP contribution is 2.17. The van der Waals surface area contributed by atoms with E-state index in [1.165, 1.54) is 19.3 Å². The van der Waals surface area contributed by atoms with Crippen molar-refractivity contribution < 1.29 is 4.79 Å². The van der Waals surface area contributed by atoms with Gasteiger partial charge in [0, 0.05) is 18.3 Å². The molecule has 0 saturated heterocycles. The van der Waals surface area contributed by atoms with Crippen LogP contribution in [0.3, 0.4) is 0 Å². The fourth-order valence-electron chi connectivity index (χ4n) is 2.55. The van der Waals surface area contributed by atoms with Crippen LogP contribution >= 0.6 is 0 Å². The first-order chi connectivity index (χ1) is 9.16. The summed E-state index contributed by atoms with van der Waals surface area (Å²) in [5.41, 5.74) is 8.73. The first-order valence-corrected chi connectivity index (χ1v) is 7.05. The van der Waals surface area contributed by atoms with E-state index in [1.54, 1.807) is 0 Å². The molecule has 19 heavy (non-hydrogen) atoms. The van der Waals surface area contributed by atoms with E-state index < -0.39 is 0 Å². The lowest BCUT2D eigenvalue weighted by molar-refractivity contribution is 0.232. The normalized spacial score (nSPS) is 16.1. The molecule has 1 saturated carbocycles. The number of rotatable bonds is 3. The Hall–Kier alpha value is -1.71. The third-order valence-electron chi connectivity index (χ3n) is 3.87. The molecule has 0 aromatic heterocycles. The maximum Gasteiger partial charge on any atom is 0.315 e. The minimum atomic E-state index is -0.0753. The number of amides is 2. The van der Waals surface area contributed by atoms with Crippen molar-refractivity contribution in [3.8, 4) is 0 Å². The van der Waals surface area contributed by atoms with Crippen LogP contribution in [0.1, 0.15) is 43.2 Å². The third kappa shape index (κ3) is 3.88. The molecule has 1 fully saturated rings. The van der Waals surface area contributed by atoms with Crippen LogP contribution < -0.4 is 16.4 Å². The molecule has 1 aromatic rings. The summed E-state index contributed by atoms with van der Waals surface area (Å²) in [6.07, 6.45) is 5.94. The summed E-state index contributed by atoms with van der Waals surface area (Å²) in [7, 11) is 0. The molecule has 2 rings (SSSR count). The van der Waals surface area contributed by atoms with Gasteiger partial charge in [-0.3, -0.25) is 0 Å². The zero-order valence-corrected chi connectivity index (χ0v) is 11.5. The molecule has 1 aliphatic rings. The van der Waals surface area contributed by atoms with E-state index in [0.29, 0.717) is 12.6 Å². The predicted octanol–water partition coefficient (Wildman–Crippen LogP) is 2.71. The Kier molecular flexibility index (Phi) is 4.66. The molecular formula is C15H23N3O.